The lowest BCUT2D eigenvalue weighted by Gasteiger charge is -1.78. The maximum Gasteiger partial charge on any atom is 0.191 e. The maximum atomic E-state index is 10.1. The Hall–Kier alpha value is -0.740. The Balaban J connectivity index is 0. The van der Waals surface area contributed by atoms with Crippen LogP contribution in [0.2, 0.25) is 0 Å². The number of hydrogen-bond donors (Lipinski definition) is 0. The summed E-state index contributed by atoms with van der Waals surface area (Å²) in [5.74, 6) is 0. The van der Waals surface area contributed by atoms with Gasteiger partial charge in [-0.2, -0.15) is 0 Å². The first-order chi connectivity index (χ1) is 5.54. The monoisotopic (exact) mass is 204 g/mol. The lowest BCUT2D eigenvalue weighted by Crippen LogP contribution is -1.83. The van der Waals surface area contributed by atoms with Gasteiger partial charge in [0.15, 0.2) is 9.84 Å². The number of rotatable bonds is 4. The van der Waals surface area contributed by atoms with E-state index in [1.807, 2.05) is 0 Å². The number of hydrogen-bond acceptors (Lipinski definition) is 3. The number of sulfone groups is 1. The Morgan fingerprint density at radius 3 is 1.25 bits per heavy atom. The second kappa shape index (κ2) is 8.36. The van der Waals surface area contributed by atoms with Crippen molar-refractivity contribution in [3.8, 4) is 0 Å². The summed E-state index contributed by atoms with van der Waals surface area (Å²) < 4.78 is 20.3. The van der Waals surface area contributed by atoms with Gasteiger partial charge in [-0.15, -0.1) is 11.8 Å². The third-order valence-electron chi connectivity index (χ3n) is 0.657. The van der Waals surface area contributed by atoms with Crippen LogP contribution in [0.5, 0.6) is 0 Å². The molecule has 0 heterocycles. The molecule has 0 radical (unpaired) electrons. The average molecular weight is 204 g/mol. The third kappa shape index (κ3) is 12.0. The van der Waals surface area contributed by atoms with Gasteiger partial charge < -0.3 is 0 Å². The van der Waals surface area contributed by atoms with Crippen molar-refractivity contribution in [1.82, 2.24) is 0 Å². The molecule has 0 aromatic rings. The Kier molecular flexibility index (Phi) is 9.63. The summed E-state index contributed by atoms with van der Waals surface area (Å²) in [7, 11) is -3.13. The summed E-state index contributed by atoms with van der Waals surface area (Å²) in [6.07, 6.45) is 0. The van der Waals surface area contributed by atoms with E-state index in [0.29, 0.717) is 0 Å². The highest BCUT2D eigenvalue weighted by atomic mass is 32.2. The minimum Gasteiger partial charge on any atom is -0.220 e. The molecular weight excluding hydrogens is 192 g/mol. The lowest BCUT2D eigenvalue weighted by molar-refractivity contribution is 0.613. The first kappa shape index (κ1) is 13.8. The summed E-state index contributed by atoms with van der Waals surface area (Å²) in [6.45, 7) is 13.0. The van der Waals surface area contributed by atoms with Gasteiger partial charge in [-0.3, -0.25) is 0 Å². The van der Waals surface area contributed by atoms with Crippen LogP contribution in [0.1, 0.15) is 0 Å². The van der Waals surface area contributed by atoms with Gasteiger partial charge in [0.1, 0.15) is 0 Å². The number of thioether (sulfide) groups is 1. The molecule has 0 fully saturated rings. The van der Waals surface area contributed by atoms with Crippen LogP contribution in [-0.2, 0) is 9.84 Å². The molecule has 0 saturated heterocycles. The summed E-state index contributed by atoms with van der Waals surface area (Å²) in [5, 5.41) is 5.15. The molecule has 0 saturated carbocycles. The molecule has 0 atom stereocenters. The minimum absolute atomic E-state index is 0.847. The molecule has 0 amide bonds. The van der Waals surface area contributed by atoms with Crippen LogP contribution in [-0.4, -0.2) is 8.42 Å². The van der Waals surface area contributed by atoms with Gasteiger partial charge >= 0.3 is 0 Å². The Bertz CT molecular complexity index is 230. The summed E-state index contributed by atoms with van der Waals surface area (Å²) in [5.41, 5.74) is 0. The van der Waals surface area contributed by atoms with Crippen molar-refractivity contribution in [2.24, 2.45) is 0 Å². The van der Waals surface area contributed by atoms with Crippen molar-refractivity contribution >= 4 is 21.6 Å². The second-order valence-corrected chi connectivity index (χ2v) is 4.18. The van der Waals surface area contributed by atoms with E-state index >= 15 is 0 Å². The molecule has 0 aromatic heterocycles. The molecule has 0 aliphatic carbocycles. The lowest BCUT2D eigenvalue weighted by atomic mass is 11.3. The summed E-state index contributed by atoms with van der Waals surface area (Å²) in [4.78, 5) is 0. The molecule has 2 nitrogen and oxygen atoms in total. The average Bonchev–Trinajstić information content (AvgIpc) is 2.07. The van der Waals surface area contributed by atoms with Gasteiger partial charge in [0, 0.05) is 10.8 Å². The largest absolute Gasteiger partial charge is 0.220 e. The second-order valence-electron chi connectivity index (χ2n) is 1.39. The minimum atomic E-state index is -3.13. The first-order valence-electron chi connectivity index (χ1n) is 2.91. The maximum absolute atomic E-state index is 10.1. The quantitative estimate of drug-likeness (QED) is 0.706. The van der Waals surface area contributed by atoms with Crippen molar-refractivity contribution in [3.63, 3.8) is 0 Å². The van der Waals surface area contributed by atoms with E-state index in [1.54, 1.807) is 10.8 Å². The topological polar surface area (TPSA) is 34.1 Å². The summed E-state index contributed by atoms with van der Waals surface area (Å²) >= 11 is 1.49. The van der Waals surface area contributed by atoms with Gasteiger partial charge in [0.05, 0.1) is 0 Å². The molecule has 0 aliphatic rings. The zero-order valence-corrected chi connectivity index (χ0v) is 8.40. The van der Waals surface area contributed by atoms with Crippen molar-refractivity contribution in [2.75, 3.05) is 0 Å². The van der Waals surface area contributed by atoms with Crippen LogP contribution in [0.15, 0.2) is 47.9 Å². The van der Waals surface area contributed by atoms with E-state index in [2.05, 4.69) is 26.3 Å². The molecule has 0 bridgehead atoms. The van der Waals surface area contributed by atoms with Gasteiger partial charge in [0.25, 0.3) is 0 Å². The molecular formula is C8H12O2S2. The van der Waals surface area contributed by atoms with E-state index < -0.39 is 9.84 Å². The Labute approximate surface area is 78.3 Å². The standard InChI is InChI=1S/C4H6O2S.C4H6S/c1-3-7(5,6)4-2;1-3-5-4-2/h3-4H,1-2H2;3-4H,1-2H2. The van der Waals surface area contributed by atoms with Gasteiger partial charge in [0.2, 0.25) is 0 Å². The van der Waals surface area contributed by atoms with Crippen LogP contribution in [0.25, 0.3) is 0 Å². The van der Waals surface area contributed by atoms with E-state index in [9.17, 15) is 8.42 Å². The SMILES string of the molecule is C=CS(=O)(=O)C=C.C=CSC=C. The smallest absolute Gasteiger partial charge is 0.191 e. The van der Waals surface area contributed by atoms with Crippen molar-refractivity contribution < 1.29 is 8.42 Å². The fraction of sp³-hybridized carbons (Fsp3) is 0. The molecule has 0 aromatic carbocycles. The molecule has 12 heavy (non-hydrogen) atoms. The molecule has 0 N–H and O–H groups in total. The predicted molar refractivity (Wildman–Crippen MR) is 57.3 cm³/mol. The Morgan fingerprint density at radius 2 is 1.25 bits per heavy atom. The van der Waals surface area contributed by atoms with Crippen LogP contribution in [0.4, 0.5) is 0 Å². The highest BCUT2D eigenvalue weighted by Crippen LogP contribution is 1.96. The zero-order chi connectivity index (χ0) is 10.0. The highest BCUT2D eigenvalue weighted by Gasteiger charge is 1.90. The van der Waals surface area contributed by atoms with Crippen molar-refractivity contribution in [3.05, 3.63) is 47.9 Å². The fourth-order valence-electron chi connectivity index (χ4n) is 0.136. The van der Waals surface area contributed by atoms with Crippen molar-refractivity contribution in [1.29, 1.82) is 0 Å². The first-order valence-corrected chi connectivity index (χ1v) is 5.46. The molecule has 0 aliphatic heterocycles. The van der Waals surface area contributed by atoms with Gasteiger partial charge in [-0.25, -0.2) is 8.42 Å². The molecule has 0 rings (SSSR count). The third-order valence-corrected chi connectivity index (χ3v) is 1.97. The molecule has 68 valence electrons. The van der Waals surface area contributed by atoms with Crippen molar-refractivity contribution in [2.45, 2.75) is 0 Å². The van der Waals surface area contributed by atoms with E-state index in [-0.39, 0.29) is 0 Å². The molecule has 4 heteroatoms. The van der Waals surface area contributed by atoms with E-state index in [1.165, 1.54) is 11.8 Å². The van der Waals surface area contributed by atoms with Gasteiger partial charge in [-0.05, 0) is 10.8 Å². The van der Waals surface area contributed by atoms with E-state index in [4.69, 9.17) is 0 Å². The van der Waals surface area contributed by atoms with Crippen LogP contribution in [0, 0.1) is 0 Å². The molecule has 0 unspecified atom stereocenters. The molecule has 0 spiro atoms. The van der Waals surface area contributed by atoms with Crippen LogP contribution < -0.4 is 0 Å². The zero-order valence-electron chi connectivity index (χ0n) is 6.77. The van der Waals surface area contributed by atoms with E-state index in [0.717, 1.165) is 10.8 Å². The van der Waals surface area contributed by atoms with Crippen LogP contribution in [0.3, 0.4) is 0 Å². The highest BCUT2D eigenvalue weighted by molar-refractivity contribution is 8.04. The Morgan fingerprint density at radius 1 is 0.917 bits per heavy atom. The predicted octanol–water partition coefficient (Wildman–Crippen LogP) is 2.69. The van der Waals surface area contributed by atoms with Crippen LogP contribution >= 0.6 is 11.8 Å². The fourth-order valence-corrected chi connectivity index (χ4v) is 0.408. The summed E-state index contributed by atoms with van der Waals surface area (Å²) in [6, 6.07) is 0. The van der Waals surface area contributed by atoms with Gasteiger partial charge in [-0.1, -0.05) is 26.3 Å². The normalized spacial score (nSPS) is 8.67.